The first-order valence-corrected chi connectivity index (χ1v) is 8.35. The summed E-state index contributed by atoms with van der Waals surface area (Å²) >= 11 is 1.48. The van der Waals surface area contributed by atoms with Crippen LogP contribution in [0.3, 0.4) is 0 Å². The number of nitrogens with one attached hydrogen (secondary N) is 1. The maximum absolute atomic E-state index is 12.3. The molecule has 0 aliphatic heterocycles. The maximum Gasteiger partial charge on any atom is 0.261 e. The molecular weight excluding hydrogens is 308 g/mol. The van der Waals surface area contributed by atoms with Gasteiger partial charge in [0.1, 0.15) is 4.83 Å². The van der Waals surface area contributed by atoms with Crippen LogP contribution in [0.1, 0.15) is 15.4 Å². The first-order chi connectivity index (χ1) is 11.1. The summed E-state index contributed by atoms with van der Waals surface area (Å²) in [7, 11) is 3.98. The van der Waals surface area contributed by atoms with Crippen molar-refractivity contribution >= 4 is 27.5 Å². The highest BCUT2D eigenvalue weighted by Crippen LogP contribution is 2.30. The fraction of sp³-hybridized carbons (Fsp3) is 0.294. The predicted octanol–water partition coefficient (Wildman–Crippen LogP) is 2.69. The summed E-state index contributed by atoms with van der Waals surface area (Å²) in [6.45, 7) is 3.44. The first kappa shape index (κ1) is 15.7. The van der Waals surface area contributed by atoms with Crippen molar-refractivity contribution in [1.29, 1.82) is 0 Å². The molecule has 0 unspecified atom stereocenters. The third-order valence-electron chi connectivity index (χ3n) is 3.61. The number of carbonyl (C=O) groups excluding carboxylic acids is 1. The van der Waals surface area contributed by atoms with Crippen molar-refractivity contribution in [3.05, 3.63) is 47.0 Å². The average molecular weight is 328 g/mol. The number of carbonyl (C=O) groups is 1. The van der Waals surface area contributed by atoms with Gasteiger partial charge >= 0.3 is 0 Å². The van der Waals surface area contributed by atoms with E-state index in [1.54, 1.807) is 0 Å². The molecule has 1 amide bonds. The molecule has 0 saturated heterocycles. The van der Waals surface area contributed by atoms with Crippen LogP contribution >= 0.6 is 11.3 Å². The number of amides is 1. The highest BCUT2D eigenvalue weighted by atomic mass is 32.1. The lowest BCUT2D eigenvalue weighted by Gasteiger charge is -2.09. The summed E-state index contributed by atoms with van der Waals surface area (Å²) in [4.78, 5) is 16.1. The van der Waals surface area contributed by atoms with E-state index in [4.69, 9.17) is 0 Å². The molecule has 23 heavy (non-hydrogen) atoms. The van der Waals surface area contributed by atoms with Crippen LogP contribution in [-0.2, 0) is 0 Å². The Hall–Kier alpha value is -2.18. The zero-order chi connectivity index (χ0) is 16.4. The molecule has 0 radical (unpaired) electrons. The normalized spacial score (nSPS) is 11.3. The minimum atomic E-state index is -0.0212. The Morgan fingerprint density at radius 3 is 2.74 bits per heavy atom. The molecule has 120 valence electrons. The number of rotatable bonds is 5. The lowest BCUT2D eigenvalue weighted by molar-refractivity contribution is 0.0955. The largest absolute Gasteiger partial charge is 0.350 e. The van der Waals surface area contributed by atoms with E-state index in [0.29, 0.717) is 6.54 Å². The van der Waals surface area contributed by atoms with Gasteiger partial charge in [-0.3, -0.25) is 4.79 Å². The van der Waals surface area contributed by atoms with Crippen molar-refractivity contribution in [1.82, 2.24) is 20.0 Å². The van der Waals surface area contributed by atoms with E-state index in [1.807, 2.05) is 67.0 Å². The first-order valence-electron chi connectivity index (χ1n) is 7.54. The van der Waals surface area contributed by atoms with Crippen molar-refractivity contribution in [3.63, 3.8) is 0 Å². The molecular formula is C17H20N4OS. The van der Waals surface area contributed by atoms with Gasteiger partial charge in [0.15, 0.2) is 0 Å². The predicted molar refractivity (Wildman–Crippen MR) is 94.6 cm³/mol. The van der Waals surface area contributed by atoms with Crippen LogP contribution in [0.4, 0.5) is 0 Å². The zero-order valence-electron chi connectivity index (χ0n) is 13.5. The molecule has 0 spiro atoms. The van der Waals surface area contributed by atoms with Gasteiger partial charge in [-0.1, -0.05) is 18.2 Å². The van der Waals surface area contributed by atoms with Gasteiger partial charge in [-0.05, 0) is 39.2 Å². The number of fused-ring (bicyclic) bond motifs is 1. The topological polar surface area (TPSA) is 50.2 Å². The van der Waals surface area contributed by atoms with E-state index in [9.17, 15) is 4.79 Å². The van der Waals surface area contributed by atoms with Gasteiger partial charge in [0.2, 0.25) is 0 Å². The van der Waals surface area contributed by atoms with Gasteiger partial charge in [-0.2, -0.15) is 5.10 Å². The molecule has 1 aromatic carbocycles. The van der Waals surface area contributed by atoms with Crippen LogP contribution in [0.5, 0.6) is 0 Å². The van der Waals surface area contributed by atoms with E-state index in [2.05, 4.69) is 10.4 Å². The number of nitrogens with zero attached hydrogens (tertiary/aromatic N) is 3. The molecule has 3 rings (SSSR count). The lowest BCUT2D eigenvalue weighted by atomic mass is 10.3. The highest BCUT2D eigenvalue weighted by Gasteiger charge is 2.16. The Bertz CT molecular complexity index is 820. The molecule has 0 fully saturated rings. The molecule has 0 aliphatic rings. The Labute approximate surface area is 139 Å². The van der Waals surface area contributed by atoms with Crippen molar-refractivity contribution in [2.75, 3.05) is 27.2 Å². The molecule has 0 atom stereocenters. The third kappa shape index (κ3) is 3.28. The number of hydrogen-bond donors (Lipinski definition) is 1. The van der Waals surface area contributed by atoms with E-state index < -0.39 is 0 Å². The van der Waals surface area contributed by atoms with E-state index in [-0.39, 0.29) is 5.91 Å². The van der Waals surface area contributed by atoms with Gasteiger partial charge in [-0.15, -0.1) is 11.3 Å². The van der Waals surface area contributed by atoms with Crippen molar-refractivity contribution in [2.45, 2.75) is 6.92 Å². The summed E-state index contributed by atoms with van der Waals surface area (Å²) in [6.07, 6.45) is 0. The monoisotopic (exact) mass is 328 g/mol. The Morgan fingerprint density at radius 2 is 2.04 bits per heavy atom. The summed E-state index contributed by atoms with van der Waals surface area (Å²) in [5.74, 6) is -0.0212. The van der Waals surface area contributed by atoms with E-state index in [0.717, 1.165) is 33.0 Å². The standard InChI is InChI=1S/C17H20N4OS/c1-12-14-11-15(16(22)18-9-10-20(2)3)23-17(14)21(19-12)13-7-5-4-6-8-13/h4-8,11H,9-10H2,1-3H3,(H,18,22). The van der Waals surface area contributed by atoms with Gasteiger partial charge in [0.25, 0.3) is 5.91 Å². The second kappa shape index (κ2) is 6.52. The van der Waals surface area contributed by atoms with Gasteiger partial charge < -0.3 is 10.2 Å². The number of benzene rings is 1. The fourth-order valence-electron chi connectivity index (χ4n) is 2.38. The van der Waals surface area contributed by atoms with Gasteiger partial charge in [0.05, 0.1) is 16.3 Å². The highest BCUT2D eigenvalue weighted by molar-refractivity contribution is 7.20. The summed E-state index contributed by atoms with van der Waals surface area (Å²) in [6, 6.07) is 11.9. The molecule has 1 N–H and O–H groups in total. The number of likely N-dealkylation sites (N-methyl/N-ethyl adjacent to an activating group) is 1. The lowest BCUT2D eigenvalue weighted by Crippen LogP contribution is -2.30. The third-order valence-corrected chi connectivity index (χ3v) is 4.72. The Kier molecular flexibility index (Phi) is 4.45. The van der Waals surface area contributed by atoms with Gasteiger partial charge in [0, 0.05) is 18.5 Å². The fourth-order valence-corrected chi connectivity index (χ4v) is 3.48. The zero-order valence-corrected chi connectivity index (χ0v) is 14.4. The van der Waals surface area contributed by atoms with Crippen molar-refractivity contribution in [3.8, 4) is 5.69 Å². The second-order valence-electron chi connectivity index (χ2n) is 5.72. The molecule has 0 aliphatic carbocycles. The number of aromatic nitrogens is 2. The van der Waals surface area contributed by atoms with E-state index in [1.165, 1.54) is 11.3 Å². The number of hydrogen-bond acceptors (Lipinski definition) is 4. The van der Waals surface area contributed by atoms with Crippen molar-refractivity contribution < 1.29 is 4.79 Å². The van der Waals surface area contributed by atoms with Crippen LogP contribution in [0.15, 0.2) is 36.4 Å². The molecule has 3 aromatic rings. The maximum atomic E-state index is 12.3. The summed E-state index contributed by atoms with van der Waals surface area (Å²) < 4.78 is 1.91. The van der Waals surface area contributed by atoms with E-state index >= 15 is 0 Å². The number of para-hydroxylation sites is 1. The smallest absolute Gasteiger partial charge is 0.261 e. The molecule has 5 nitrogen and oxygen atoms in total. The van der Waals surface area contributed by atoms with Crippen LogP contribution in [0.2, 0.25) is 0 Å². The van der Waals surface area contributed by atoms with Crippen LogP contribution in [0.25, 0.3) is 15.9 Å². The Morgan fingerprint density at radius 1 is 1.30 bits per heavy atom. The van der Waals surface area contributed by atoms with Crippen LogP contribution in [0, 0.1) is 6.92 Å². The molecule has 0 bridgehead atoms. The quantitative estimate of drug-likeness (QED) is 0.783. The number of thiophene rings is 1. The molecule has 2 heterocycles. The number of aryl methyl sites for hydroxylation is 1. The Balaban J connectivity index is 1.89. The second-order valence-corrected chi connectivity index (χ2v) is 6.75. The average Bonchev–Trinajstić information content (AvgIpc) is 3.09. The molecule has 6 heteroatoms. The van der Waals surface area contributed by atoms with Crippen LogP contribution < -0.4 is 5.32 Å². The molecule has 2 aromatic heterocycles. The minimum absolute atomic E-state index is 0.0212. The summed E-state index contributed by atoms with van der Waals surface area (Å²) in [5, 5.41) is 8.59. The van der Waals surface area contributed by atoms with Crippen molar-refractivity contribution in [2.24, 2.45) is 0 Å². The molecule has 0 saturated carbocycles. The SMILES string of the molecule is Cc1nn(-c2ccccc2)c2sc(C(=O)NCCN(C)C)cc12. The van der Waals surface area contributed by atoms with Crippen LogP contribution in [-0.4, -0.2) is 47.8 Å². The van der Waals surface area contributed by atoms with Gasteiger partial charge in [-0.25, -0.2) is 4.68 Å². The minimum Gasteiger partial charge on any atom is -0.350 e. The summed E-state index contributed by atoms with van der Waals surface area (Å²) in [5.41, 5.74) is 1.94.